The molecule has 2 aromatic carbocycles. The van der Waals surface area contributed by atoms with Gasteiger partial charge >= 0.3 is 0 Å². The molecular weight excluding hydrogens is 452 g/mol. The van der Waals surface area contributed by atoms with E-state index in [1.807, 2.05) is 41.3 Å². The van der Waals surface area contributed by atoms with Crippen LogP contribution in [0.25, 0.3) is 0 Å². The maximum atomic E-state index is 13.2. The number of hydrogen-bond acceptors (Lipinski definition) is 6. The standard InChI is InChI=1S/C25H34N4O4S/c1-3-34(31,32)29-17-11-26(12-18-29)20-21-5-4-6-22(19-21)25(30)28-15-13-27(14-16-28)23-7-9-24(33-2)10-8-23/h4-10,19H,3,11-18,20H2,1-2H3. The zero-order valence-corrected chi connectivity index (χ0v) is 20.8. The van der Waals surface area contributed by atoms with E-state index in [-0.39, 0.29) is 11.7 Å². The van der Waals surface area contributed by atoms with Gasteiger partial charge in [-0.05, 0) is 48.9 Å². The van der Waals surface area contributed by atoms with Gasteiger partial charge in [-0.25, -0.2) is 8.42 Å². The number of sulfonamides is 1. The van der Waals surface area contributed by atoms with Crippen LogP contribution in [-0.2, 0) is 16.6 Å². The molecule has 0 radical (unpaired) electrons. The van der Waals surface area contributed by atoms with Gasteiger partial charge in [-0.1, -0.05) is 12.1 Å². The molecule has 2 aromatic rings. The summed E-state index contributed by atoms with van der Waals surface area (Å²) in [7, 11) is -1.46. The van der Waals surface area contributed by atoms with Crippen LogP contribution in [0.3, 0.4) is 0 Å². The van der Waals surface area contributed by atoms with E-state index in [4.69, 9.17) is 4.74 Å². The highest BCUT2D eigenvalue weighted by atomic mass is 32.2. The van der Waals surface area contributed by atoms with E-state index in [1.165, 1.54) is 0 Å². The summed E-state index contributed by atoms with van der Waals surface area (Å²) in [6.45, 7) is 7.79. The first-order valence-corrected chi connectivity index (χ1v) is 13.5. The fourth-order valence-corrected chi connectivity index (χ4v) is 5.64. The number of hydrogen-bond donors (Lipinski definition) is 0. The first-order chi connectivity index (χ1) is 16.4. The van der Waals surface area contributed by atoms with Gasteiger partial charge in [0.1, 0.15) is 5.75 Å². The van der Waals surface area contributed by atoms with Crippen molar-refractivity contribution in [1.29, 1.82) is 0 Å². The Hall–Kier alpha value is -2.62. The van der Waals surface area contributed by atoms with Crippen molar-refractivity contribution in [2.24, 2.45) is 0 Å². The molecule has 0 aliphatic carbocycles. The molecule has 0 bridgehead atoms. The molecule has 0 unspecified atom stereocenters. The number of piperazine rings is 2. The molecule has 4 rings (SSSR count). The highest BCUT2D eigenvalue weighted by Crippen LogP contribution is 2.21. The van der Waals surface area contributed by atoms with Gasteiger partial charge < -0.3 is 14.5 Å². The lowest BCUT2D eigenvalue weighted by atomic mass is 10.1. The Kier molecular flexibility index (Phi) is 7.75. The van der Waals surface area contributed by atoms with Gasteiger partial charge in [0.15, 0.2) is 0 Å². The molecule has 8 nitrogen and oxygen atoms in total. The highest BCUT2D eigenvalue weighted by molar-refractivity contribution is 7.89. The molecule has 1 amide bonds. The van der Waals surface area contributed by atoms with Crippen molar-refractivity contribution in [3.8, 4) is 5.75 Å². The van der Waals surface area contributed by atoms with Crippen molar-refractivity contribution in [3.05, 3.63) is 59.7 Å². The van der Waals surface area contributed by atoms with E-state index in [9.17, 15) is 13.2 Å². The largest absolute Gasteiger partial charge is 0.497 e. The summed E-state index contributed by atoms with van der Waals surface area (Å²) in [5.41, 5.74) is 2.93. The van der Waals surface area contributed by atoms with Crippen molar-refractivity contribution in [3.63, 3.8) is 0 Å². The molecule has 0 N–H and O–H groups in total. The molecule has 9 heteroatoms. The molecule has 34 heavy (non-hydrogen) atoms. The second kappa shape index (κ2) is 10.8. The molecule has 0 aromatic heterocycles. The minimum absolute atomic E-state index is 0.0649. The fraction of sp³-hybridized carbons (Fsp3) is 0.480. The fourth-order valence-electron chi connectivity index (χ4n) is 4.55. The summed E-state index contributed by atoms with van der Waals surface area (Å²) >= 11 is 0. The predicted octanol–water partition coefficient (Wildman–Crippen LogP) is 2.12. The van der Waals surface area contributed by atoms with Crippen LogP contribution in [-0.4, -0.2) is 93.7 Å². The van der Waals surface area contributed by atoms with Crippen LogP contribution in [0.1, 0.15) is 22.8 Å². The molecule has 184 valence electrons. The number of ether oxygens (including phenoxy) is 1. The summed E-state index contributed by atoms with van der Waals surface area (Å²) < 4.78 is 31.0. The summed E-state index contributed by atoms with van der Waals surface area (Å²) in [5, 5.41) is 0. The minimum atomic E-state index is -3.13. The number of amides is 1. The SMILES string of the molecule is CCS(=O)(=O)N1CCN(Cc2cccc(C(=O)N3CCN(c4ccc(OC)cc4)CC3)c2)CC1. The first-order valence-electron chi connectivity index (χ1n) is 11.9. The number of nitrogens with zero attached hydrogens (tertiary/aromatic N) is 4. The van der Waals surface area contributed by atoms with Gasteiger partial charge in [0.2, 0.25) is 10.0 Å². The second-order valence-corrected chi connectivity index (χ2v) is 11.0. The minimum Gasteiger partial charge on any atom is -0.497 e. The van der Waals surface area contributed by atoms with E-state index in [0.717, 1.165) is 30.1 Å². The third kappa shape index (κ3) is 5.71. The normalized spacial score (nSPS) is 18.2. The van der Waals surface area contributed by atoms with E-state index in [1.54, 1.807) is 18.3 Å². The molecule has 0 saturated carbocycles. The topological polar surface area (TPSA) is 73.4 Å². The number of anilines is 1. The maximum Gasteiger partial charge on any atom is 0.253 e. The maximum absolute atomic E-state index is 13.2. The molecule has 2 saturated heterocycles. The number of methoxy groups -OCH3 is 1. The van der Waals surface area contributed by atoms with Crippen molar-refractivity contribution in [2.45, 2.75) is 13.5 Å². The van der Waals surface area contributed by atoms with Gasteiger partial charge in [-0.2, -0.15) is 4.31 Å². The molecule has 2 aliphatic heterocycles. The van der Waals surface area contributed by atoms with Gasteiger partial charge in [0, 0.05) is 70.2 Å². The average Bonchev–Trinajstić information content (AvgIpc) is 2.89. The Labute approximate surface area is 202 Å². The zero-order valence-electron chi connectivity index (χ0n) is 20.0. The van der Waals surface area contributed by atoms with Crippen LogP contribution in [0.15, 0.2) is 48.5 Å². The molecule has 0 atom stereocenters. The smallest absolute Gasteiger partial charge is 0.253 e. The van der Waals surface area contributed by atoms with Crippen LogP contribution >= 0.6 is 0 Å². The Bertz CT molecular complexity index is 1070. The monoisotopic (exact) mass is 486 g/mol. The van der Waals surface area contributed by atoms with Gasteiger partial charge in [0.05, 0.1) is 12.9 Å². The number of carbonyl (C=O) groups is 1. The van der Waals surface area contributed by atoms with Crippen molar-refractivity contribution < 1.29 is 17.9 Å². The predicted molar refractivity (Wildman–Crippen MR) is 134 cm³/mol. The number of benzene rings is 2. The number of carbonyl (C=O) groups excluding carboxylic acids is 1. The van der Waals surface area contributed by atoms with E-state index in [2.05, 4.69) is 21.9 Å². The van der Waals surface area contributed by atoms with Crippen LogP contribution in [0.5, 0.6) is 5.75 Å². The lowest BCUT2D eigenvalue weighted by molar-refractivity contribution is 0.0746. The Morgan fingerprint density at radius 2 is 1.59 bits per heavy atom. The number of rotatable bonds is 7. The average molecular weight is 487 g/mol. The van der Waals surface area contributed by atoms with Crippen molar-refractivity contribution in [1.82, 2.24) is 14.1 Å². The Balaban J connectivity index is 1.31. The van der Waals surface area contributed by atoms with Gasteiger partial charge in [-0.15, -0.1) is 0 Å². The molecular formula is C25H34N4O4S. The van der Waals surface area contributed by atoms with Crippen LogP contribution in [0.2, 0.25) is 0 Å². The summed E-state index contributed by atoms with van der Waals surface area (Å²) in [6.07, 6.45) is 0. The second-order valence-electron chi connectivity index (χ2n) is 8.75. The third-order valence-corrected chi connectivity index (χ3v) is 8.56. The Morgan fingerprint density at radius 1 is 0.912 bits per heavy atom. The summed E-state index contributed by atoms with van der Waals surface area (Å²) in [6, 6.07) is 15.9. The van der Waals surface area contributed by atoms with Crippen molar-refractivity contribution >= 4 is 21.6 Å². The highest BCUT2D eigenvalue weighted by Gasteiger charge is 2.26. The zero-order chi connectivity index (χ0) is 24.1. The van der Waals surface area contributed by atoms with E-state index < -0.39 is 10.0 Å². The summed E-state index contributed by atoms with van der Waals surface area (Å²) in [5.74, 6) is 1.05. The first kappa shape index (κ1) is 24.5. The van der Waals surface area contributed by atoms with Crippen LogP contribution in [0, 0.1) is 0 Å². The molecule has 0 spiro atoms. The van der Waals surface area contributed by atoms with Crippen LogP contribution < -0.4 is 9.64 Å². The van der Waals surface area contributed by atoms with Gasteiger partial charge in [-0.3, -0.25) is 9.69 Å². The van der Waals surface area contributed by atoms with E-state index in [0.29, 0.717) is 51.4 Å². The van der Waals surface area contributed by atoms with Gasteiger partial charge in [0.25, 0.3) is 5.91 Å². The third-order valence-electron chi connectivity index (χ3n) is 6.67. The quantitative estimate of drug-likeness (QED) is 0.597. The molecule has 2 heterocycles. The lowest BCUT2D eigenvalue weighted by Gasteiger charge is -2.36. The van der Waals surface area contributed by atoms with E-state index >= 15 is 0 Å². The lowest BCUT2D eigenvalue weighted by Crippen LogP contribution is -2.49. The van der Waals surface area contributed by atoms with Crippen LogP contribution in [0.4, 0.5) is 5.69 Å². The van der Waals surface area contributed by atoms with Crippen molar-refractivity contribution in [2.75, 3.05) is 70.1 Å². The Morgan fingerprint density at radius 3 is 2.21 bits per heavy atom. The summed E-state index contributed by atoms with van der Waals surface area (Å²) in [4.78, 5) is 19.6. The molecule has 2 fully saturated rings. The molecule has 2 aliphatic rings.